The Balaban J connectivity index is 2.09. The second-order valence-electron chi connectivity index (χ2n) is 4.82. The molecule has 0 amide bonds. The zero-order valence-electron chi connectivity index (χ0n) is 10.9. The third-order valence-electron chi connectivity index (χ3n) is 3.72. The molecule has 1 saturated heterocycles. The van der Waals surface area contributed by atoms with E-state index in [1.807, 2.05) is 31.2 Å². The smallest absolute Gasteiger partial charge is 0.136 e. The molecule has 1 aliphatic heterocycles. The van der Waals surface area contributed by atoms with Gasteiger partial charge in [0.05, 0.1) is 9.74 Å². The van der Waals surface area contributed by atoms with Crippen LogP contribution in [0.4, 0.5) is 0 Å². The number of hydrogen-bond donors (Lipinski definition) is 1. The average Bonchev–Trinajstić information content (AvgIpc) is 2.94. The van der Waals surface area contributed by atoms with E-state index in [4.69, 9.17) is 12.2 Å². The van der Waals surface area contributed by atoms with Gasteiger partial charge in [0.1, 0.15) is 5.65 Å². The van der Waals surface area contributed by atoms with Gasteiger partial charge in [0.25, 0.3) is 0 Å². The van der Waals surface area contributed by atoms with Gasteiger partial charge in [-0.25, -0.2) is 4.98 Å². The summed E-state index contributed by atoms with van der Waals surface area (Å²) in [7, 11) is 1.93. The Morgan fingerprint density at radius 1 is 1.47 bits per heavy atom. The Morgan fingerprint density at radius 2 is 2.37 bits per heavy atom. The molecule has 0 bridgehead atoms. The second kappa shape index (κ2) is 5.13. The van der Waals surface area contributed by atoms with Gasteiger partial charge in [-0.1, -0.05) is 24.7 Å². The van der Waals surface area contributed by atoms with Crippen LogP contribution < -0.4 is 5.32 Å². The Labute approximate surface area is 122 Å². The van der Waals surface area contributed by atoms with E-state index in [9.17, 15) is 0 Å². The van der Waals surface area contributed by atoms with E-state index in [0.717, 1.165) is 17.1 Å². The maximum atomic E-state index is 5.61. The molecule has 1 N–H and O–H groups in total. The second-order valence-corrected chi connectivity index (χ2v) is 6.62. The van der Waals surface area contributed by atoms with E-state index in [1.165, 1.54) is 24.2 Å². The number of likely N-dealkylation sites (N-methyl/N-ethyl adjacent to an activating group) is 1. The fraction of sp³-hybridized carbons (Fsp3) is 0.429. The fourth-order valence-corrected chi connectivity index (χ4v) is 4.60. The molecule has 1 unspecified atom stereocenters. The first-order valence-electron chi connectivity index (χ1n) is 6.55. The van der Waals surface area contributed by atoms with Crippen molar-refractivity contribution in [2.75, 3.05) is 12.8 Å². The molecule has 1 aliphatic rings. The minimum Gasteiger partial charge on any atom is -0.381 e. The Kier molecular flexibility index (Phi) is 3.50. The van der Waals surface area contributed by atoms with Crippen molar-refractivity contribution in [3.63, 3.8) is 0 Å². The van der Waals surface area contributed by atoms with E-state index in [0.29, 0.717) is 0 Å². The highest BCUT2D eigenvalue weighted by atomic mass is 32.2. The summed E-state index contributed by atoms with van der Waals surface area (Å²) >= 11 is 7.58. The van der Waals surface area contributed by atoms with Crippen LogP contribution in [-0.2, 0) is 4.75 Å². The molecular formula is C14H17N3S2. The van der Waals surface area contributed by atoms with Gasteiger partial charge >= 0.3 is 0 Å². The van der Waals surface area contributed by atoms with Crippen molar-refractivity contribution in [2.45, 2.75) is 24.0 Å². The topological polar surface area (TPSA) is 29.3 Å². The van der Waals surface area contributed by atoms with Crippen molar-refractivity contribution in [1.29, 1.82) is 0 Å². The van der Waals surface area contributed by atoms with Gasteiger partial charge in [0.15, 0.2) is 0 Å². The number of hydrogen-bond acceptors (Lipinski definition) is 3. The summed E-state index contributed by atoms with van der Waals surface area (Å²) < 4.78 is 2.01. The van der Waals surface area contributed by atoms with Gasteiger partial charge in [-0.3, -0.25) is 0 Å². The molecule has 3 nitrogen and oxygen atoms in total. The fourth-order valence-electron chi connectivity index (χ4n) is 2.69. The van der Waals surface area contributed by atoms with Crippen molar-refractivity contribution < 1.29 is 0 Å². The summed E-state index contributed by atoms with van der Waals surface area (Å²) in [5, 5.41) is 3.20. The predicted octanol–water partition coefficient (Wildman–Crippen LogP) is 2.99. The Morgan fingerprint density at radius 3 is 3.11 bits per heavy atom. The SMILES string of the molecule is CNC(=S)C1(c2ccc3nccn3c2)CCCCS1. The minimum atomic E-state index is -0.0687. The minimum absolute atomic E-state index is 0.0687. The predicted molar refractivity (Wildman–Crippen MR) is 84.8 cm³/mol. The van der Waals surface area contributed by atoms with Crippen LogP contribution >= 0.6 is 24.0 Å². The molecule has 0 spiro atoms. The summed E-state index contributed by atoms with van der Waals surface area (Å²) in [6, 6.07) is 4.24. The summed E-state index contributed by atoms with van der Waals surface area (Å²) in [5.41, 5.74) is 2.26. The third kappa shape index (κ3) is 2.15. The van der Waals surface area contributed by atoms with E-state index in [1.54, 1.807) is 0 Å². The summed E-state index contributed by atoms with van der Waals surface area (Å²) in [5.74, 6) is 1.17. The van der Waals surface area contributed by atoms with E-state index >= 15 is 0 Å². The molecule has 2 aromatic rings. The molecule has 3 heterocycles. The highest BCUT2D eigenvalue weighted by molar-refractivity contribution is 8.02. The standard InChI is InChI=1S/C14H17N3S2/c1-15-13(18)14(6-2-3-9-19-14)11-4-5-12-16-7-8-17(12)10-11/h4-5,7-8,10H,2-3,6,9H2,1H3,(H,15,18). The molecule has 5 heteroatoms. The number of imidazole rings is 1. The molecule has 0 aromatic carbocycles. The highest BCUT2D eigenvalue weighted by Crippen LogP contribution is 2.45. The van der Waals surface area contributed by atoms with Crippen LogP contribution in [0.1, 0.15) is 24.8 Å². The monoisotopic (exact) mass is 291 g/mol. The van der Waals surface area contributed by atoms with E-state index in [2.05, 4.69) is 33.0 Å². The first-order chi connectivity index (χ1) is 9.26. The first-order valence-corrected chi connectivity index (χ1v) is 7.95. The number of fused-ring (bicyclic) bond motifs is 1. The molecule has 1 atom stereocenters. The molecule has 0 radical (unpaired) electrons. The lowest BCUT2D eigenvalue weighted by Gasteiger charge is -2.37. The molecule has 2 aromatic heterocycles. The maximum Gasteiger partial charge on any atom is 0.136 e. The highest BCUT2D eigenvalue weighted by Gasteiger charge is 2.38. The molecular weight excluding hydrogens is 274 g/mol. The van der Waals surface area contributed by atoms with Gasteiger partial charge in [0.2, 0.25) is 0 Å². The molecule has 19 heavy (non-hydrogen) atoms. The van der Waals surface area contributed by atoms with Crippen LogP contribution in [0.3, 0.4) is 0 Å². The Hall–Kier alpha value is -1.07. The van der Waals surface area contributed by atoms with E-state index < -0.39 is 0 Å². The summed E-state index contributed by atoms with van der Waals surface area (Å²) in [6.07, 6.45) is 9.61. The summed E-state index contributed by atoms with van der Waals surface area (Å²) in [4.78, 5) is 5.24. The van der Waals surface area contributed by atoms with Gasteiger partial charge < -0.3 is 9.72 Å². The van der Waals surface area contributed by atoms with Gasteiger partial charge in [-0.15, -0.1) is 11.8 Å². The van der Waals surface area contributed by atoms with Crippen molar-refractivity contribution in [3.8, 4) is 0 Å². The number of aromatic nitrogens is 2. The Bertz CT molecular complexity index is 600. The summed E-state index contributed by atoms with van der Waals surface area (Å²) in [6.45, 7) is 0. The van der Waals surface area contributed by atoms with Crippen LogP contribution in [0.15, 0.2) is 30.7 Å². The molecule has 1 fully saturated rings. The third-order valence-corrected chi connectivity index (χ3v) is 6.03. The average molecular weight is 291 g/mol. The molecule has 0 aliphatic carbocycles. The maximum absolute atomic E-state index is 5.61. The zero-order chi connectivity index (χ0) is 13.3. The number of pyridine rings is 1. The van der Waals surface area contributed by atoms with Crippen LogP contribution in [0.2, 0.25) is 0 Å². The quantitative estimate of drug-likeness (QED) is 0.861. The number of nitrogens with zero attached hydrogens (tertiary/aromatic N) is 2. The van der Waals surface area contributed by atoms with Crippen molar-refractivity contribution >= 4 is 34.6 Å². The van der Waals surface area contributed by atoms with Crippen molar-refractivity contribution in [1.82, 2.24) is 14.7 Å². The lowest BCUT2D eigenvalue weighted by molar-refractivity contribution is 0.620. The van der Waals surface area contributed by atoms with Gasteiger partial charge in [-0.2, -0.15) is 0 Å². The molecule has 100 valence electrons. The van der Waals surface area contributed by atoms with Crippen LogP contribution in [0.25, 0.3) is 5.65 Å². The van der Waals surface area contributed by atoms with Gasteiger partial charge in [-0.05, 0) is 30.2 Å². The van der Waals surface area contributed by atoms with Crippen molar-refractivity contribution in [3.05, 3.63) is 36.3 Å². The molecule has 3 rings (SSSR count). The van der Waals surface area contributed by atoms with Crippen LogP contribution in [-0.4, -0.2) is 27.2 Å². The zero-order valence-corrected chi connectivity index (χ0v) is 12.6. The largest absolute Gasteiger partial charge is 0.381 e. The first kappa shape index (κ1) is 12.9. The van der Waals surface area contributed by atoms with Crippen LogP contribution in [0.5, 0.6) is 0 Å². The van der Waals surface area contributed by atoms with Crippen molar-refractivity contribution in [2.24, 2.45) is 0 Å². The lowest BCUT2D eigenvalue weighted by atomic mass is 9.92. The molecule has 0 saturated carbocycles. The number of thiocarbonyl (C=S) groups is 1. The normalized spacial score (nSPS) is 23.4. The number of rotatable bonds is 2. The van der Waals surface area contributed by atoms with Crippen LogP contribution in [0, 0.1) is 0 Å². The number of nitrogens with one attached hydrogen (secondary N) is 1. The lowest BCUT2D eigenvalue weighted by Crippen LogP contribution is -2.41. The van der Waals surface area contributed by atoms with Gasteiger partial charge in [0, 0.05) is 25.6 Å². The van der Waals surface area contributed by atoms with E-state index in [-0.39, 0.29) is 4.75 Å². The number of thioether (sulfide) groups is 1.